The van der Waals surface area contributed by atoms with E-state index in [1.54, 1.807) is 0 Å². The van der Waals surface area contributed by atoms with Crippen LogP contribution in [0.4, 0.5) is 0 Å². The molecule has 134 valence electrons. The first-order valence-electron chi connectivity index (χ1n) is 8.70. The Morgan fingerprint density at radius 1 is 1.40 bits per heavy atom. The molecule has 2 aromatic rings. The molecule has 1 saturated carbocycles. The first kappa shape index (κ1) is 17.9. The summed E-state index contributed by atoms with van der Waals surface area (Å²) in [4.78, 5) is 18.0. The van der Waals surface area contributed by atoms with E-state index in [4.69, 9.17) is 10.5 Å². The van der Waals surface area contributed by atoms with E-state index in [-0.39, 0.29) is 11.4 Å². The van der Waals surface area contributed by atoms with Gasteiger partial charge in [0.2, 0.25) is 0 Å². The van der Waals surface area contributed by atoms with Gasteiger partial charge in [-0.15, -0.1) is 11.3 Å². The molecule has 1 heterocycles. The van der Waals surface area contributed by atoms with Gasteiger partial charge in [0.15, 0.2) is 0 Å². The summed E-state index contributed by atoms with van der Waals surface area (Å²) >= 11 is 1.42. The van der Waals surface area contributed by atoms with Crippen molar-refractivity contribution in [3.8, 4) is 16.3 Å². The van der Waals surface area contributed by atoms with Crippen molar-refractivity contribution in [1.82, 2.24) is 10.3 Å². The van der Waals surface area contributed by atoms with Crippen molar-refractivity contribution in [2.24, 2.45) is 11.7 Å². The highest BCUT2D eigenvalue weighted by Gasteiger charge is 2.42. The van der Waals surface area contributed by atoms with Gasteiger partial charge in [-0.25, -0.2) is 4.98 Å². The summed E-state index contributed by atoms with van der Waals surface area (Å²) in [7, 11) is 0. The second-order valence-electron chi connectivity index (χ2n) is 6.74. The number of hydrogen-bond acceptors (Lipinski definition) is 5. The molecule has 0 bridgehead atoms. The van der Waals surface area contributed by atoms with E-state index in [2.05, 4.69) is 10.3 Å². The van der Waals surface area contributed by atoms with Crippen molar-refractivity contribution in [3.63, 3.8) is 0 Å². The molecule has 1 aromatic heterocycles. The van der Waals surface area contributed by atoms with E-state index < -0.39 is 0 Å². The minimum Gasteiger partial charge on any atom is -0.494 e. The Labute approximate surface area is 152 Å². The number of rotatable bonds is 7. The lowest BCUT2D eigenvalue weighted by Gasteiger charge is -2.29. The number of benzene rings is 1. The Kier molecular flexibility index (Phi) is 5.11. The Hall–Kier alpha value is -1.92. The number of nitrogens with two attached hydrogens (primary N) is 1. The van der Waals surface area contributed by atoms with Crippen molar-refractivity contribution < 1.29 is 9.53 Å². The molecule has 1 aliphatic carbocycles. The molecule has 3 rings (SSSR count). The van der Waals surface area contributed by atoms with Crippen molar-refractivity contribution >= 4 is 17.2 Å². The maximum Gasteiger partial charge on any atom is 0.263 e. The van der Waals surface area contributed by atoms with Gasteiger partial charge in [0, 0.05) is 12.1 Å². The highest BCUT2D eigenvalue weighted by atomic mass is 32.1. The largest absolute Gasteiger partial charge is 0.494 e. The average molecular weight is 359 g/mol. The first-order chi connectivity index (χ1) is 12.0. The lowest BCUT2D eigenvalue weighted by Crippen LogP contribution is -2.53. The smallest absolute Gasteiger partial charge is 0.263 e. The number of carbonyl (C=O) groups excluding carboxylic acids is 1. The summed E-state index contributed by atoms with van der Waals surface area (Å²) in [6.45, 7) is 6.96. The number of hydrogen-bond donors (Lipinski definition) is 2. The van der Waals surface area contributed by atoms with Crippen LogP contribution in [0.2, 0.25) is 0 Å². The molecule has 1 amide bonds. The molecule has 0 spiro atoms. The minimum absolute atomic E-state index is 0.0768. The quantitative estimate of drug-likeness (QED) is 0.794. The summed E-state index contributed by atoms with van der Waals surface area (Å²) in [6.07, 6.45) is 2.26. The van der Waals surface area contributed by atoms with Crippen molar-refractivity contribution in [2.75, 3.05) is 13.2 Å². The molecule has 3 N–H and O–H groups in total. The highest BCUT2D eigenvalue weighted by molar-refractivity contribution is 7.17. The zero-order valence-corrected chi connectivity index (χ0v) is 15.8. The van der Waals surface area contributed by atoms with Gasteiger partial charge in [-0.1, -0.05) is 0 Å². The SMILES string of the molecule is CCOc1ccc(-c2nc(C)c(C(=O)NC(C)(CN)C3CC3)s2)cc1. The molecule has 25 heavy (non-hydrogen) atoms. The van der Waals surface area contributed by atoms with E-state index in [0.717, 1.165) is 34.9 Å². The Morgan fingerprint density at radius 2 is 2.08 bits per heavy atom. The van der Waals surface area contributed by atoms with Crippen LogP contribution in [0.15, 0.2) is 24.3 Å². The Balaban J connectivity index is 1.78. The van der Waals surface area contributed by atoms with E-state index in [9.17, 15) is 4.79 Å². The predicted molar refractivity (Wildman–Crippen MR) is 101 cm³/mol. The zero-order valence-electron chi connectivity index (χ0n) is 15.0. The first-order valence-corrected chi connectivity index (χ1v) is 9.51. The maximum atomic E-state index is 12.7. The van der Waals surface area contributed by atoms with Crippen molar-refractivity contribution in [1.29, 1.82) is 0 Å². The molecule has 1 aromatic carbocycles. The monoisotopic (exact) mass is 359 g/mol. The van der Waals surface area contributed by atoms with Gasteiger partial charge in [0.05, 0.1) is 17.8 Å². The van der Waals surface area contributed by atoms with Gasteiger partial charge >= 0.3 is 0 Å². The van der Waals surface area contributed by atoms with E-state index in [1.807, 2.05) is 45.0 Å². The van der Waals surface area contributed by atoms with Gasteiger partial charge in [0.1, 0.15) is 15.6 Å². The van der Waals surface area contributed by atoms with Crippen molar-refractivity contribution in [3.05, 3.63) is 34.8 Å². The molecule has 6 heteroatoms. The highest BCUT2D eigenvalue weighted by Crippen LogP contribution is 2.39. The van der Waals surface area contributed by atoms with Gasteiger partial charge in [-0.2, -0.15) is 0 Å². The third-order valence-corrected chi connectivity index (χ3v) is 5.92. The normalized spacial score (nSPS) is 16.3. The molecule has 0 saturated heterocycles. The van der Waals surface area contributed by atoms with Crippen LogP contribution in [-0.2, 0) is 0 Å². The lowest BCUT2D eigenvalue weighted by atomic mass is 9.96. The molecule has 1 aliphatic rings. The molecule has 0 radical (unpaired) electrons. The summed E-state index contributed by atoms with van der Waals surface area (Å²) in [6, 6.07) is 7.79. The van der Waals surface area contributed by atoms with Crippen LogP contribution in [-0.4, -0.2) is 29.6 Å². The Bertz CT molecular complexity index is 753. The number of amides is 1. The number of nitrogens with zero attached hydrogens (tertiary/aromatic N) is 1. The van der Waals surface area contributed by atoms with Gasteiger partial charge < -0.3 is 15.8 Å². The van der Waals surface area contributed by atoms with Crippen LogP contribution in [0.3, 0.4) is 0 Å². The molecule has 1 fully saturated rings. The van der Waals surface area contributed by atoms with Gasteiger partial charge in [-0.05, 0) is 63.8 Å². The number of ether oxygens (including phenoxy) is 1. The second-order valence-corrected chi connectivity index (χ2v) is 7.74. The summed E-state index contributed by atoms with van der Waals surface area (Å²) in [5, 5.41) is 3.98. The molecular formula is C19H25N3O2S. The molecule has 5 nitrogen and oxygen atoms in total. The molecule has 1 atom stereocenters. The van der Waals surface area contributed by atoms with Crippen LogP contribution < -0.4 is 15.8 Å². The van der Waals surface area contributed by atoms with Crippen LogP contribution in [0.25, 0.3) is 10.6 Å². The summed E-state index contributed by atoms with van der Waals surface area (Å²) in [5.74, 6) is 1.24. The van der Waals surface area contributed by atoms with Crippen LogP contribution in [0.1, 0.15) is 42.1 Å². The van der Waals surface area contributed by atoms with Gasteiger partial charge in [0.25, 0.3) is 5.91 Å². The third kappa shape index (κ3) is 3.85. The van der Waals surface area contributed by atoms with Crippen LogP contribution >= 0.6 is 11.3 Å². The van der Waals surface area contributed by atoms with E-state index in [0.29, 0.717) is 23.9 Å². The topological polar surface area (TPSA) is 77.2 Å². The number of thiazole rings is 1. The van der Waals surface area contributed by atoms with Crippen LogP contribution in [0.5, 0.6) is 5.75 Å². The van der Waals surface area contributed by atoms with E-state index >= 15 is 0 Å². The Morgan fingerprint density at radius 3 is 2.64 bits per heavy atom. The van der Waals surface area contributed by atoms with Crippen molar-refractivity contribution in [2.45, 2.75) is 39.2 Å². The lowest BCUT2D eigenvalue weighted by molar-refractivity contribution is 0.0901. The standard InChI is InChI=1S/C19H25N3O2S/c1-4-24-15-9-5-13(6-10-15)18-21-12(2)16(25-18)17(23)22-19(3,11-20)14-7-8-14/h5-6,9-10,14H,4,7-8,11,20H2,1-3H3,(H,22,23). The van der Waals surface area contributed by atoms with Crippen LogP contribution in [0, 0.1) is 12.8 Å². The maximum absolute atomic E-state index is 12.7. The third-order valence-electron chi connectivity index (χ3n) is 4.72. The molecular weight excluding hydrogens is 334 g/mol. The summed E-state index contributed by atoms with van der Waals surface area (Å²) < 4.78 is 5.47. The van der Waals surface area contributed by atoms with Gasteiger partial charge in [-0.3, -0.25) is 4.79 Å². The average Bonchev–Trinajstić information content (AvgIpc) is 3.39. The fraction of sp³-hybridized carbons (Fsp3) is 0.474. The number of aryl methyl sites for hydroxylation is 1. The fourth-order valence-corrected chi connectivity index (χ4v) is 3.91. The second kappa shape index (κ2) is 7.14. The number of nitrogens with one attached hydrogen (secondary N) is 1. The number of aromatic nitrogens is 1. The zero-order chi connectivity index (χ0) is 18.0. The predicted octanol–water partition coefficient (Wildman–Crippen LogP) is 3.37. The summed E-state index contributed by atoms with van der Waals surface area (Å²) in [5.41, 5.74) is 7.32. The van der Waals surface area contributed by atoms with E-state index in [1.165, 1.54) is 11.3 Å². The number of carbonyl (C=O) groups is 1. The molecule has 0 aliphatic heterocycles. The minimum atomic E-state index is -0.327. The molecule has 1 unspecified atom stereocenters. The fourth-order valence-electron chi connectivity index (χ4n) is 2.95.